The Morgan fingerprint density at radius 1 is 1.24 bits per heavy atom. The van der Waals surface area contributed by atoms with E-state index >= 15 is 0 Å². The minimum atomic E-state index is -0.314. The van der Waals surface area contributed by atoms with Gasteiger partial charge in [0.2, 0.25) is 0 Å². The monoisotopic (exact) mass is 231 g/mol. The van der Waals surface area contributed by atoms with Gasteiger partial charge in [-0.2, -0.15) is 0 Å². The average molecular weight is 231 g/mol. The van der Waals surface area contributed by atoms with Crippen molar-refractivity contribution in [2.75, 3.05) is 6.54 Å². The van der Waals surface area contributed by atoms with Crippen molar-refractivity contribution < 1.29 is 4.79 Å². The fourth-order valence-corrected chi connectivity index (χ4v) is 1.85. The van der Waals surface area contributed by atoms with Crippen LogP contribution >= 0.6 is 0 Å². The van der Waals surface area contributed by atoms with E-state index in [-0.39, 0.29) is 11.9 Å². The van der Waals surface area contributed by atoms with E-state index in [0.29, 0.717) is 12.5 Å². The van der Waals surface area contributed by atoms with Gasteiger partial charge in [0.25, 0.3) is 5.91 Å². The van der Waals surface area contributed by atoms with Crippen molar-refractivity contribution in [1.29, 1.82) is 0 Å². The first kappa shape index (κ1) is 11.6. The number of hydrogen-bond donors (Lipinski definition) is 2. The third-order valence-electron chi connectivity index (χ3n) is 2.82. The van der Waals surface area contributed by atoms with Gasteiger partial charge in [-0.05, 0) is 24.5 Å². The Morgan fingerprint density at radius 3 is 2.53 bits per heavy atom. The van der Waals surface area contributed by atoms with Crippen molar-refractivity contribution in [2.45, 2.75) is 26.3 Å². The molecule has 0 radical (unpaired) electrons. The molecule has 90 valence electrons. The zero-order valence-corrected chi connectivity index (χ0v) is 10.2. The van der Waals surface area contributed by atoms with Gasteiger partial charge in [0.1, 0.15) is 6.04 Å². The van der Waals surface area contributed by atoms with Crippen molar-refractivity contribution in [1.82, 2.24) is 10.6 Å². The molecule has 0 saturated carbocycles. The molecule has 1 amide bonds. The van der Waals surface area contributed by atoms with E-state index in [0.717, 1.165) is 12.0 Å². The zero-order valence-electron chi connectivity index (χ0n) is 10.2. The number of hydrogen-bond acceptors (Lipinski definition) is 2. The van der Waals surface area contributed by atoms with Gasteiger partial charge in [-0.3, -0.25) is 15.1 Å². The maximum absolute atomic E-state index is 11.8. The molecule has 1 atom stereocenters. The van der Waals surface area contributed by atoms with Gasteiger partial charge in [-0.25, -0.2) is 0 Å². The molecule has 1 aliphatic rings. The highest BCUT2D eigenvalue weighted by Gasteiger charge is 2.29. The molecule has 17 heavy (non-hydrogen) atoms. The number of nitrogens with zero attached hydrogens (tertiary/aromatic N) is 1. The topological polar surface area (TPSA) is 53.5 Å². The van der Waals surface area contributed by atoms with Crippen LogP contribution in [0.25, 0.3) is 0 Å². The molecule has 1 saturated heterocycles. The van der Waals surface area contributed by atoms with E-state index in [2.05, 4.69) is 34.7 Å². The van der Waals surface area contributed by atoms with Gasteiger partial charge in [0.05, 0.1) is 0 Å². The zero-order chi connectivity index (χ0) is 12.3. The molecular weight excluding hydrogens is 214 g/mol. The molecule has 4 heteroatoms. The van der Waals surface area contributed by atoms with Crippen LogP contribution in [0.4, 0.5) is 0 Å². The number of rotatable bonds is 3. The van der Waals surface area contributed by atoms with E-state index in [1.807, 2.05) is 19.1 Å². The summed E-state index contributed by atoms with van der Waals surface area (Å²) in [7, 11) is 0. The van der Waals surface area contributed by atoms with Crippen molar-refractivity contribution in [3.8, 4) is 0 Å². The summed E-state index contributed by atoms with van der Waals surface area (Å²) in [4.78, 5) is 15.9. The smallest absolute Gasteiger partial charge is 0.253 e. The lowest BCUT2D eigenvalue weighted by Gasteiger charge is -2.08. The Hall–Kier alpha value is -1.84. The SMILES string of the molecule is CCN=C1NC(=O)C(c2ccc(CC)cc2)N1. The predicted molar refractivity (Wildman–Crippen MR) is 67.8 cm³/mol. The fourth-order valence-electron chi connectivity index (χ4n) is 1.85. The molecule has 0 bridgehead atoms. The molecule has 2 rings (SSSR count). The van der Waals surface area contributed by atoms with Gasteiger partial charge >= 0.3 is 0 Å². The number of nitrogens with one attached hydrogen (secondary N) is 2. The third-order valence-corrected chi connectivity index (χ3v) is 2.82. The van der Waals surface area contributed by atoms with Crippen molar-refractivity contribution in [3.05, 3.63) is 35.4 Å². The standard InChI is InChI=1S/C13H17N3O/c1-3-9-5-7-10(8-6-9)11-12(17)16-13(15-11)14-4-2/h5-8,11H,3-4H2,1-2H3,(H2,14,15,16,17). The quantitative estimate of drug-likeness (QED) is 0.826. The van der Waals surface area contributed by atoms with Gasteiger partial charge in [-0.15, -0.1) is 0 Å². The van der Waals surface area contributed by atoms with Gasteiger partial charge in [0.15, 0.2) is 5.96 Å². The van der Waals surface area contributed by atoms with Crippen LogP contribution in [0.15, 0.2) is 29.3 Å². The predicted octanol–water partition coefficient (Wildman–Crippen LogP) is 1.39. The van der Waals surface area contributed by atoms with Crippen LogP contribution in [0.3, 0.4) is 0 Å². The van der Waals surface area contributed by atoms with E-state index in [1.165, 1.54) is 5.56 Å². The number of carbonyl (C=O) groups excluding carboxylic acids is 1. The molecule has 1 unspecified atom stereocenters. The Morgan fingerprint density at radius 2 is 1.94 bits per heavy atom. The highest BCUT2D eigenvalue weighted by Crippen LogP contribution is 2.17. The Kier molecular flexibility index (Phi) is 3.42. The van der Waals surface area contributed by atoms with Crippen LogP contribution in [0, 0.1) is 0 Å². The minimum absolute atomic E-state index is 0.0403. The lowest BCUT2D eigenvalue weighted by molar-refractivity contribution is -0.120. The number of carbonyl (C=O) groups is 1. The molecule has 1 heterocycles. The molecule has 0 aliphatic carbocycles. The Labute approximate surface area is 101 Å². The summed E-state index contributed by atoms with van der Waals surface area (Å²) in [5.41, 5.74) is 2.25. The number of aliphatic imine (C=N–C) groups is 1. The fraction of sp³-hybridized carbons (Fsp3) is 0.385. The lowest BCUT2D eigenvalue weighted by Crippen LogP contribution is -2.25. The summed E-state index contributed by atoms with van der Waals surface area (Å²) in [5.74, 6) is 0.531. The summed E-state index contributed by atoms with van der Waals surface area (Å²) in [5, 5.41) is 5.82. The van der Waals surface area contributed by atoms with Crippen molar-refractivity contribution in [3.63, 3.8) is 0 Å². The first-order valence-electron chi connectivity index (χ1n) is 5.95. The van der Waals surface area contributed by atoms with Crippen LogP contribution < -0.4 is 10.6 Å². The maximum Gasteiger partial charge on any atom is 0.253 e. The second-order valence-corrected chi connectivity index (χ2v) is 3.98. The molecule has 0 aromatic heterocycles. The van der Waals surface area contributed by atoms with Gasteiger partial charge in [0, 0.05) is 6.54 Å². The van der Waals surface area contributed by atoms with E-state index in [4.69, 9.17) is 0 Å². The largest absolute Gasteiger partial charge is 0.340 e. The first-order valence-corrected chi connectivity index (χ1v) is 5.95. The van der Waals surface area contributed by atoms with Crippen LogP contribution in [-0.4, -0.2) is 18.4 Å². The van der Waals surface area contributed by atoms with Crippen LogP contribution in [0.1, 0.15) is 31.0 Å². The maximum atomic E-state index is 11.8. The molecule has 1 fully saturated rings. The summed E-state index contributed by atoms with van der Waals surface area (Å²) >= 11 is 0. The first-order chi connectivity index (χ1) is 8.24. The number of guanidine groups is 1. The minimum Gasteiger partial charge on any atom is -0.340 e. The summed E-state index contributed by atoms with van der Waals surface area (Å²) in [6.07, 6.45) is 1.01. The van der Waals surface area contributed by atoms with Crippen LogP contribution in [0.2, 0.25) is 0 Å². The normalized spacial score (nSPS) is 21.4. The molecular formula is C13H17N3O. The Bertz CT molecular complexity index is 436. The van der Waals surface area contributed by atoms with E-state index < -0.39 is 0 Å². The van der Waals surface area contributed by atoms with Crippen LogP contribution in [-0.2, 0) is 11.2 Å². The second kappa shape index (κ2) is 4.99. The highest BCUT2D eigenvalue weighted by atomic mass is 16.2. The van der Waals surface area contributed by atoms with Gasteiger partial charge < -0.3 is 5.32 Å². The molecule has 1 aromatic rings. The van der Waals surface area contributed by atoms with E-state index in [1.54, 1.807) is 0 Å². The number of aryl methyl sites for hydroxylation is 1. The van der Waals surface area contributed by atoms with Crippen molar-refractivity contribution in [2.24, 2.45) is 4.99 Å². The second-order valence-electron chi connectivity index (χ2n) is 3.98. The molecule has 4 nitrogen and oxygen atoms in total. The Balaban J connectivity index is 2.17. The molecule has 1 aliphatic heterocycles. The summed E-state index contributed by atoms with van der Waals surface area (Å²) < 4.78 is 0. The summed E-state index contributed by atoms with van der Waals surface area (Å²) in [6.45, 7) is 4.70. The molecule has 1 aromatic carbocycles. The summed E-state index contributed by atoms with van der Waals surface area (Å²) in [6, 6.07) is 7.78. The van der Waals surface area contributed by atoms with Crippen LogP contribution in [0.5, 0.6) is 0 Å². The van der Waals surface area contributed by atoms with E-state index in [9.17, 15) is 4.79 Å². The average Bonchev–Trinajstić information content (AvgIpc) is 2.71. The number of benzene rings is 1. The third kappa shape index (κ3) is 2.46. The van der Waals surface area contributed by atoms with Gasteiger partial charge in [-0.1, -0.05) is 31.2 Å². The van der Waals surface area contributed by atoms with Crippen molar-refractivity contribution >= 4 is 11.9 Å². The molecule has 0 spiro atoms. The molecule has 2 N–H and O–H groups in total. The number of amides is 1. The lowest BCUT2D eigenvalue weighted by atomic mass is 10.0. The highest BCUT2D eigenvalue weighted by molar-refractivity contribution is 6.06.